The number of aromatic nitrogens is 1. The summed E-state index contributed by atoms with van der Waals surface area (Å²) < 4.78 is 13.6. The highest BCUT2D eigenvalue weighted by Gasteiger charge is 2.15. The second-order valence-electron chi connectivity index (χ2n) is 4.57. The van der Waals surface area contributed by atoms with E-state index in [2.05, 4.69) is 10.3 Å². The van der Waals surface area contributed by atoms with Gasteiger partial charge in [-0.05, 0) is 37.7 Å². The van der Waals surface area contributed by atoms with Gasteiger partial charge in [0.2, 0.25) is 0 Å². The fourth-order valence-corrected chi connectivity index (χ4v) is 3.02. The fourth-order valence-electron chi connectivity index (χ4n) is 1.95. The predicted molar refractivity (Wildman–Crippen MR) is 82.3 cm³/mol. The van der Waals surface area contributed by atoms with E-state index in [0.717, 1.165) is 11.1 Å². The molecular formula is C15H18FN3S. The predicted octanol–water partition coefficient (Wildman–Crippen LogP) is 3.16. The summed E-state index contributed by atoms with van der Waals surface area (Å²) in [6.45, 7) is 1.98. The molecule has 1 aromatic carbocycles. The van der Waals surface area contributed by atoms with E-state index in [0.29, 0.717) is 16.5 Å². The van der Waals surface area contributed by atoms with E-state index < -0.39 is 0 Å². The first kappa shape index (κ1) is 14.8. The van der Waals surface area contributed by atoms with Crippen molar-refractivity contribution in [2.75, 3.05) is 18.5 Å². The van der Waals surface area contributed by atoms with Crippen molar-refractivity contribution in [2.24, 2.45) is 0 Å². The molecule has 0 saturated heterocycles. The monoisotopic (exact) mass is 291 g/mol. The maximum Gasteiger partial charge on any atom is 0.136 e. The van der Waals surface area contributed by atoms with Gasteiger partial charge in [-0.2, -0.15) is 0 Å². The first-order chi connectivity index (χ1) is 9.61. The number of pyridine rings is 1. The van der Waals surface area contributed by atoms with Crippen LogP contribution in [0.2, 0.25) is 0 Å². The number of aryl methyl sites for hydroxylation is 1. The summed E-state index contributed by atoms with van der Waals surface area (Å²) in [5, 5.41) is 3.21. The van der Waals surface area contributed by atoms with Crippen molar-refractivity contribution in [3.8, 4) is 0 Å². The highest BCUT2D eigenvalue weighted by Crippen LogP contribution is 2.28. The van der Waals surface area contributed by atoms with Gasteiger partial charge in [-0.1, -0.05) is 12.1 Å². The third-order valence-electron chi connectivity index (χ3n) is 3.05. The van der Waals surface area contributed by atoms with Gasteiger partial charge in [0.15, 0.2) is 0 Å². The first-order valence-electron chi connectivity index (χ1n) is 6.38. The Morgan fingerprint density at radius 1 is 1.40 bits per heavy atom. The number of anilines is 1. The van der Waals surface area contributed by atoms with E-state index >= 15 is 0 Å². The van der Waals surface area contributed by atoms with Crippen molar-refractivity contribution in [3.05, 3.63) is 53.5 Å². The molecule has 0 bridgehead atoms. The van der Waals surface area contributed by atoms with E-state index in [-0.39, 0.29) is 11.9 Å². The van der Waals surface area contributed by atoms with Gasteiger partial charge in [0, 0.05) is 28.5 Å². The summed E-state index contributed by atoms with van der Waals surface area (Å²) in [4.78, 5) is 4.82. The molecule has 0 radical (unpaired) electrons. The van der Waals surface area contributed by atoms with Crippen molar-refractivity contribution >= 4 is 17.6 Å². The zero-order valence-electron chi connectivity index (χ0n) is 11.6. The normalized spacial score (nSPS) is 12.3. The standard InChI is InChI=1S/C15H18FN3S/c1-10-7-11(15(17)19-8-10)13(18-2)9-20-14-6-4-3-5-12(14)16/h3-8,13,18H,9H2,1-2H3,(H2,17,19). The van der Waals surface area contributed by atoms with E-state index in [4.69, 9.17) is 5.73 Å². The molecule has 0 fully saturated rings. The molecule has 1 aromatic heterocycles. The lowest BCUT2D eigenvalue weighted by Gasteiger charge is -2.18. The average Bonchev–Trinajstić information content (AvgIpc) is 2.45. The van der Waals surface area contributed by atoms with Gasteiger partial charge < -0.3 is 11.1 Å². The Labute approximate surface area is 122 Å². The Morgan fingerprint density at radius 3 is 2.85 bits per heavy atom. The topological polar surface area (TPSA) is 50.9 Å². The van der Waals surface area contributed by atoms with Crippen LogP contribution in [0.5, 0.6) is 0 Å². The van der Waals surface area contributed by atoms with Gasteiger partial charge in [-0.3, -0.25) is 0 Å². The van der Waals surface area contributed by atoms with E-state index in [9.17, 15) is 4.39 Å². The minimum absolute atomic E-state index is 0.0343. The zero-order chi connectivity index (χ0) is 14.5. The molecule has 1 atom stereocenters. The molecule has 20 heavy (non-hydrogen) atoms. The molecule has 2 aromatic rings. The summed E-state index contributed by atoms with van der Waals surface area (Å²) in [5.74, 6) is 1.01. The van der Waals surface area contributed by atoms with E-state index in [1.807, 2.05) is 26.1 Å². The number of halogens is 1. The summed E-state index contributed by atoms with van der Waals surface area (Å²) in [6, 6.07) is 8.83. The fraction of sp³-hybridized carbons (Fsp3) is 0.267. The van der Waals surface area contributed by atoms with E-state index in [1.165, 1.54) is 17.8 Å². The molecule has 0 aliphatic heterocycles. The second kappa shape index (κ2) is 6.72. The maximum atomic E-state index is 13.6. The summed E-state index contributed by atoms with van der Waals surface area (Å²) in [5.41, 5.74) is 7.95. The second-order valence-corrected chi connectivity index (χ2v) is 5.63. The number of nitrogens with two attached hydrogens (primary N) is 1. The van der Waals surface area contributed by atoms with Crippen molar-refractivity contribution in [1.29, 1.82) is 0 Å². The van der Waals surface area contributed by atoms with Gasteiger partial charge in [-0.25, -0.2) is 9.37 Å². The quantitative estimate of drug-likeness (QED) is 0.831. The largest absolute Gasteiger partial charge is 0.383 e. The minimum Gasteiger partial charge on any atom is -0.383 e. The molecule has 0 saturated carbocycles. The molecule has 106 valence electrons. The lowest BCUT2D eigenvalue weighted by Crippen LogP contribution is -2.20. The molecule has 3 nitrogen and oxygen atoms in total. The maximum absolute atomic E-state index is 13.6. The average molecular weight is 291 g/mol. The van der Waals surface area contributed by atoms with Crippen LogP contribution in [0.4, 0.5) is 10.2 Å². The zero-order valence-corrected chi connectivity index (χ0v) is 12.4. The number of hydrogen-bond acceptors (Lipinski definition) is 4. The molecule has 1 heterocycles. The number of nitrogens with one attached hydrogen (secondary N) is 1. The number of benzene rings is 1. The minimum atomic E-state index is -0.192. The number of hydrogen-bond donors (Lipinski definition) is 2. The van der Waals surface area contributed by atoms with Gasteiger partial charge in [0.05, 0.1) is 0 Å². The van der Waals surface area contributed by atoms with Gasteiger partial charge >= 0.3 is 0 Å². The molecule has 2 rings (SSSR count). The van der Waals surface area contributed by atoms with Crippen LogP contribution in [-0.4, -0.2) is 17.8 Å². The first-order valence-corrected chi connectivity index (χ1v) is 7.37. The Balaban J connectivity index is 2.13. The molecule has 5 heteroatoms. The third-order valence-corrected chi connectivity index (χ3v) is 4.19. The lowest BCUT2D eigenvalue weighted by atomic mass is 10.1. The van der Waals surface area contributed by atoms with Crippen LogP contribution in [0.1, 0.15) is 17.2 Å². The van der Waals surface area contributed by atoms with Crippen molar-refractivity contribution in [2.45, 2.75) is 17.9 Å². The Kier molecular flexibility index (Phi) is 4.98. The molecule has 1 unspecified atom stereocenters. The van der Waals surface area contributed by atoms with Crippen molar-refractivity contribution in [1.82, 2.24) is 10.3 Å². The third kappa shape index (κ3) is 3.49. The number of nitrogens with zero attached hydrogens (tertiary/aromatic N) is 1. The molecule has 0 aliphatic carbocycles. The van der Waals surface area contributed by atoms with Crippen LogP contribution in [0.15, 0.2) is 41.4 Å². The number of rotatable bonds is 5. The van der Waals surface area contributed by atoms with Crippen molar-refractivity contribution < 1.29 is 4.39 Å². The molecule has 0 amide bonds. The van der Waals surface area contributed by atoms with Gasteiger partial charge in [0.1, 0.15) is 11.6 Å². The molecule has 0 aliphatic rings. The Hall–Kier alpha value is -1.59. The molecular weight excluding hydrogens is 273 g/mol. The number of nitrogen functional groups attached to an aromatic ring is 1. The van der Waals surface area contributed by atoms with Crippen LogP contribution >= 0.6 is 11.8 Å². The van der Waals surface area contributed by atoms with E-state index in [1.54, 1.807) is 18.3 Å². The molecule has 3 N–H and O–H groups in total. The van der Waals surface area contributed by atoms with Crippen LogP contribution in [-0.2, 0) is 0 Å². The number of thioether (sulfide) groups is 1. The highest BCUT2D eigenvalue weighted by molar-refractivity contribution is 7.99. The van der Waals surface area contributed by atoms with Gasteiger partial charge in [-0.15, -0.1) is 11.8 Å². The van der Waals surface area contributed by atoms with Crippen LogP contribution < -0.4 is 11.1 Å². The summed E-state index contributed by atoms with van der Waals surface area (Å²) in [7, 11) is 1.87. The SMILES string of the molecule is CNC(CSc1ccccc1F)c1cc(C)cnc1N. The summed E-state index contributed by atoms with van der Waals surface area (Å²) in [6.07, 6.45) is 1.75. The van der Waals surface area contributed by atoms with Crippen molar-refractivity contribution in [3.63, 3.8) is 0 Å². The summed E-state index contributed by atoms with van der Waals surface area (Å²) >= 11 is 1.47. The van der Waals surface area contributed by atoms with Gasteiger partial charge in [0.25, 0.3) is 0 Å². The smallest absolute Gasteiger partial charge is 0.136 e. The van der Waals surface area contributed by atoms with Crippen LogP contribution in [0, 0.1) is 12.7 Å². The Bertz CT molecular complexity index is 589. The highest BCUT2D eigenvalue weighted by atomic mass is 32.2. The Morgan fingerprint density at radius 2 is 2.15 bits per heavy atom. The van der Waals surface area contributed by atoms with Crippen LogP contribution in [0.3, 0.4) is 0 Å². The van der Waals surface area contributed by atoms with Crippen LogP contribution in [0.25, 0.3) is 0 Å². The lowest BCUT2D eigenvalue weighted by molar-refractivity contribution is 0.601. The molecule has 0 spiro atoms.